The smallest absolute Gasteiger partial charge is 0.0954 e. The van der Waals surface area contributed by atoms with Crippen LogP contribution in [0.3, 0.4) is 0 Å². The van der Waals surface area contributed by atoms with E-state index >= 15 is 0 Å². The van der Waals surface area contributed by atoms with Crippen molar-refractivity contribution < 1.29 is 0 Å². The van der Waals surface area contributed by atoms with E-state index in [9.17, 15) is 0 Å². The van der Waals surface area contributed by atoms with Crippen molar-refractivity contribution in [2.45, 2.75) is 25.9 Å². The first kappa shape index (κ1) is 14.1. The molecular formula is C16H18N4S. The van der Waals surface area contributed by atoms with Crippen molar-refractivity contribution in [2.75, 3.05) is 7.05 Å². The molecular weight excluding hydrogens is 280 g/mol. The fourth-order valence-corrected chi connectivity index (χ4v) is 3.33. The minimum Gasteiger partial charge on any atom is -0.297 e. The van der Waals surface area contributed by atoms with Crippen molar-refractivity contribution >= 4 is 21.6 Å². The second kappa shape index (κ2) is 6.28. The highest BCUT2D eigenvalue weighted by atomic mass is 32.1. The van der Waals surface area contributed by atoms with E-state index in [0.29, 0.717) is 6.04 Å². The van der Waals surface area contributed by atoms with Gasteiger partial charge in [0, 0.05) is 37.6 Å². The zero-order valence-electron chi connectivity index (χ0n) is 12.2. The predicted molar refractivity (Wildman–Crippen MR) is 86.3 cm³/mol. The van der Waals surface area contributed by atoms with Crippen molar-refractivity contribution in [3.05, 3.63) is 53.6 Å². The Hall–Kier alpha value is -1.85. The molecule has 21 heavy (non-hydrogen) atoms. The number of thiazole rings is 1. The second-order valence-electron chi connectivity index (χ2n) is 5.24. The van der Waals surface area contributed by atoms with Crippen LogP contribution < -0.4 is 0 Å². The molecule has 0 aliphatic heterocycles. The maximum Gasteiger partial charge on any atom is 0.0954 e. The molecule has 0 unspecified atom stereocenters. The van der Waals surface area contributed by atoms with Crippen molar-refractivity contribution in [1.29, 1.82) is 0 Å². The quantitative estimate of drug-likeness (QED) is 0.725. The van der Waals surface area contributed by atoms with E-state index in [4.69, 9.17) is 4.98 Å². The molecule has 0 aliphatic rings. The summed E-state index contributed by atoms with van der Waals surface area (Å²) in [5.74, 6) is 0. The molecule has 5 heteroatoms. The third-order valence-electron chi connectivity index (χ3n) is 3.59. The van der Waals surface area contributed by atoms with Crippen molar-refractivity contribution in [3.8, 4) is 0 Å². The zero-order valence-corrected chi connectivity index (χ0v) is 13.0. The Kier molecular flexibility index (Phi) is 4.22. The number of fused-ring (bicyclic) bond motifs is 1. The Labute approximate surface area is 128 Å². The number of likely N-dealkylation sites (N-methyl/N-ethyl adjacent to an activating group) is 1. The normalized spacial score (nSPS) is 12.9. The average Bonchev–Trinajstić information content (AvgIpc) is 2.90. The van der Waals surface area contributed by atoms with Gasteiger partial charge < -0.3 is 0 Å². The molecule has 2 aromatic heterocycles. The van der Waals surface area contributed by atoms with E-state index in [0.717, 1.165) is 24.2 Å². The van der Waals surface area contributed by atoms with Gasteiger partial charge in [-0.2, -0.15) is 0 Å². The molecule has 2 heterocycles. The van der Waals surface area contributed by atoms with Gasteiger partial charge in [0.2, 0.25) is 0 Å². The minimum absolute atomic E-state index is 0.410. The van der Waals surface area contributed by atoms with E-state index in [1.54, 1.807) is 23.7 Å². The molecule has 0 spiro atoms. The first-order chi connectivity index (χ1) is 10.2. The van der Waals surface area contributed by atoms with Crippen molar-refractivity contribution in [3.63, 3.8) is 0 Å². The summed E-state index contributed by atoms with van der Waals surface area (Å²) in [6, 6.07) is 8.71. The van der Waals surface area contributed by atoms with Gasteiger partial charge in [0.1, 0.15) is 0 Å². The van der Waals surface area contributed by atoms with Crippen LogP contribution in [0.4, 0.5) is 0 Å². The van der Waals surface area contributed by atoms with Gasteiger partial charge >= 0.3 is 0 Å². The maximum atomic E-state index is 4.71. The van der Waals surface area contributed by atoms with E-state index in [1.165, 1.54) is 9.71 Å². The molecule has 1 aromatic carbocycles. The number of aromatic nitrogens is 3. The SMILES string of the molecule is C[C@H](Cc1nc2ccccc2s1)N(C)Cc1cnccn1. The van der Waals surface area contributed by atoms with Gasteiger partial charge in [-0.3, -0.25) is 14.9 Å². The number of para-hydroxylation sites is 1. The first-order valence-corrected chi connectivity index (χ1v) is 7.83. The van der Waals surface area contributed by atoms with E-state index in [2.05, 4.69) is 47.0 Å². The molecule has 108 valence electrons. The molecule has 0 bridgehead atoms. The third kappa shape index (κ3) is 3.43. The van der Waals surface area contributed by atoms with Crippen LogP contribution in [0.2, 0.25) is 0 Å². The number of benzene rings is 1. The monoisotopic (exact) mass is 298 g/mol. The summed E-state index contributed by atoms with van der Waals surface area (Å²) in [4.78, 5) is 15.4. The van der Waals surface area contributed by atoms with Crippen LogP contribution in [0.15, 0.2) is 42.9 Å². The predicted octanol–water partition coefficient (Wildman–Crippen LogP) is 3.15. The van der Waals surface area contributed by atoms with Gasteiger partial charge in [-0.05, 0) is 26.1 Å². The number of hydrogen-bond donors (Lipinski definition) is 0. The lowest BCUT2D eigenvalue weighted by Crippen LogP contribution is -2.30. The molecule has 0 saturated heterocycles. The Bertz CT molecular complexity index is 677. The zero-order chi connectivity index (χ0) is 14.7. The van der Waals surface area contributed by atoms with Crippen LogP contribution in [-0.4, -0.2) is 32.9 Å². The largest absolute Gasteiger partial charge is 0.297 e. The van der Waals surface area contributed by atoms with Crippen LogP contribution in [0.1, 0.15) is 17.6 Å². The number of nitrogens with zero attached hydrogens (tertiary/aromatic N) is 4. The Balaban J connectivity index is 1.66. The molecule has 0 amide bonds. The average molecular weight is 298 g/mol. The van der Waals surface area contributed by atoms with Crippen LogP contribution >= 0.6 is 11.3 Å². The van der Waals surface area contributed by atoms with Crippen LogP contribution in [0.5, 0.6) is 0 Å². The van der Waals surface area contributed by atoms with Gasteiger partial charge in [0.15, 0.2) is 0 Å². The standard InChI is InChI=1S/C16H18N4S/c1-12(20(2)11-13-10-17-7-8-18-13)9-16-19-14-5-3-4-6-15(14)21-16/h3-8,10,12H,9,11H2,1-2H3/t12-/m1/s1. The topological polar surface area (TPSA) is 41.9 Å². The number of rotatable bonds is 5. The minimum atomic E-state index is 0.410. The summed E-state index contributed by atoms with van der Waals surface area (Å²) < 4.78 is 1.26. The molecule has 3 rings (SSSR count). The molecule has 3 aromatic rings. The van der Waals surface area contributed by atoms with Gasteiger partial charge in [0.25, 0.3) is 0 Å². The third-order valence-corrected chi connectivity index (χ3v) is 4.65. The van der Waals surface area contributed by atoms with E-state index < -0.39 is 0 Å². The summed E-state index contributed by atoms with van der Waals surface area (Å²) >= 11 is 1.78. The van der Waals surface area contributed by atoms with Crippen LogP contribution in [0.25, 0.3) is 10.2 Å². The highest BCUT2D eigenvalue weighted by Crippen LogP contribution is 2.23. The van der Waals surface area contributed by atoms with Crippen LogP contribution in [0, 0.1) is 0 Å². The van der Waals surface area contributed by atoms with Gasteiger partial charge in [-0.1, -0.05) is 12.1 Å². The fourth-order valence-electron chi connectivity index (χ4n) is 2.24. The highest BCUT2D eigenvalue weighted by molar-refractivity contribution is 7.18. The molecule has 1 atom stereocenters. The molecule has 0 fully saturated rings. The maximum absolute atomic E-state index is 4.71. The van der Waals surface area contributed by atoms with Crippen LogP contribution in [-0.2, 0) is 13.0 Å². The van der Waals surface area contributed by atoms with Gasteiger partial charge in [-0.25, -0.2) is 4.98 Å². The summed E-state index contributed by atoms with van der Waals surface area (Å²) in [6.07, 6.45) is 6.21. The summed E-state index contributed by atoms with van der Waals surface area (Å²) in [7, 11) is 2.12. The van der Waals surface area contributed by atoms with Gasteiger partial charge in [-0.15, -0.1) is 11.3 Å². The van der Waals surface area contributed by atoms with Gasteiger partial charge in [0.05, 0.1) is 20.9 Å². The van der Waals surface area contributed by atoms with Crippen molar-refractivity contribution in [1.82, 2.24) is 19.9 Å². The molecule has 0 N–H and O–H groups in total. The lowest BCUT2D eigenvalue weighted by Gasteiger charge is -2.23. The molecule has 0 aliphatic carbocycles. The first-order valence-electron chi connectivity index (χ1n) is 7.02. The Morgan fingerprint density at radius 1 is 1.24 bits per heavy atom. The second-order valence-corrected chi connectivity index (χ2v) is 6.36. The summed E-state index contributed by atoms with van der Waals surface area (Å²) in [6.45, 7) is 3.03. The lowest BCUT2D eigenvalue weighted by atomic mass is 10.2. The van der Waals surface area contributed by atoms with Crippen molar-refractivity contribution in [2.24, 2.45) is 0 Å². The Morgan fingerprint density at radius 3 is 2.86 bits per heavy atom. The molecule has 0 saturated carbocycles. The lowest BCUT2D eigenvalue weighted by molar-refractivity contribution is 0.245. The Morgan fingerprint density at radius 2 is 2.10 bits per heavy atom. The molecule has 4 nitrogen and oxygen atoms in total. The summed E-state index contributed by atoms with van der Waals surface area (Å²) in [5, 5.41) is 1.19. The highest BCUT2D eigenvalue weighted by Gasteiger charge is 2.13. The number of hydrogen-bond acceptors (Lipinski definition) is 5. The van der Waals surface area contributed by atoms with E-state index in [1.807, 2.05) is 12.3 Å². The van der Waals surface area contributed by atoms with E-state index in [-0.39, 0.29) is 0 Å². The summed E-state index contributed by atoms with van der Waals surface area (Å²) in [5.41, 5.74) is 2.09. The fraction of sp³-hybridized carbons (Fsp3) is 0.312. The molecule has 0 radical (unpaired) electrons.